The Hall–Kier alpha value is -1.08. The van der Waals surface area contributed by atoms with Gasteiger partial charge in [0.25, 0.3) is 5.56 Å². The van der Waals surface area contributed by atoms with E-state index in [0.29, 0.717) is 18.5 Å². The second-order valence-corrected chi connectivity index (χ2v) is 5.88. The van der Waals surface area contributed by atoms with Crippen LogP contribution in [0.3, 0.4) is 0 Å². The van der Waals surface area contributed by atoms with E-state index in [1.807, 2.05) is 0 Å². The Kier molecular flexibility index (Phi) is 4.93. The molecule has 21 heavy (non-hydrogen) atoms. The van der Waals surface area contributed by atoms with Gasteiger partial charge < -0.3 is 5.73 Å². The summed E-state index contributed by atoms with van der Waals surface area (Å²) < 4.78 is 39.2. The molecule has 1 aliphatic carbocycles. The van der Waals surface area contributed by atoms with Crippen molar-refractivity contribution in [3.63, 3.8) is 0 Å². The van der Waals surface area contributed by atoms with Gasteiger partial charge in [0.15, 0.2) is 0 Å². The molecule has 2 rings (SSSR count). The highest BCUT2D eigenvalue weighted by Crippen LogP contribution is 2.30. The highest BCUT2D eigenvalue weighted by atomic mass is 35.5. The quantitative estimate of drug-likeness (QED) is 0.930. The minimum Gasteiger partial charge on any atom is -0.330 e. The highest BCUT2D eigenvalue weighted by molar-refractivity contribution is 6.29. The van der Waals surface area contributed by atoms with Crippen LogP contribution in [-0.2, 0) is 12.7 Å². The maximum absolute atomic E-state index is 12.8. The van der Waals surface area contributed by atoms with Crippen molar-refractivity contribution in [1.82, 2.24) is 9.78 Å². The summed E-state index contributed by atoms with van der Waals surface area (Å²) in [4.78, 5) is 11.9. The number of nitrogens with zero attached hydrogens (tertiary/aromatic N) is 2. The van der Waals surface area contributed by atoms with Gasteiger partial charge in [-0.1, -0.05) is 11.6 Å². The average molecular weight is 324 g/mol. The molecular weight excluding hydrogens is 307 g/mol. The standard InChI is InChI=1S/C13H17ClF3N3O/c14-11-5-10(13(15,16)17)12(21)20(19-11)7-9-3-1-8(6-18)2-4-9/h5,8-9H,1-4,6-7,18H2. The second kappa shape index (κ2) is 6.36. The molecular formula is C13H17ClF3N3O. The molecule has 0 atom stereocenters. The Morgan fingerprint density at radius 2 is 1.86 bits per heavy atom. The van der Waals surface area contributed by atoms with Crippen LogP contribution in [0.25, 0.3) is 0 Å². The summed E-state index contributed by atoms with van der Waals surface area (Å²) in [6.07, 6.45) is -1.18. The number of aromatic nitrogens is 2. The zero-order valence-electron chi connectivity index (χ0n) is 11.4. The Morgan fingerprint density at radius 1 is 1.29 bits per heavy atom. The van der Waals surface area contributed by atoms with Crippen molar-refractivity contribution in [2.45, 2.75) is 38.4 Å². The molecule has 0 radical (unpaired) electrons. The largest absolute Gasteiger partial charge is 0.421 e. The van der Waals surface area contributed by atoms with Gasteiger partial charge in [0.1, 0.15) is 10.7 Å². The molecule has 0 aromatic carbocycles. The van der Waals surface area contributed by atoms with Gasteiger partial charge in [0.05, 0.1) is 0 Å². The van der Waals surface area contributed by atoms with Gasteiger partial charge in [-0.2, -0.15) is 18.3 Å². The van der Waals surface area contributed by atoms with Crippen LogP contribution < -0.4 is 11.3 Å². The van der Waals surface area contributed by atoms with E-state index in [9.17, 15) is 18.0 Å². The van der Waals surface area contributed by atoms with Crippen LogP contribution in [-0.4, -0.2) is 16.3 Å². The molecule has 118 valence electrons. The third kappa shape index (κ3) is 3.97. The van der Waals surface area contributed by atoms with Crippen molar-refractivity contribution in [1.29, 1.82) is 0 Å². The zero-order chi connectivity index (χ0) is 15.6. The van der Waals surface area contributed by atoms with Gasteiger partial charge in [-0.3, -0.25) is 4.79 Å². The van der Waals surface area contributed by atoms with Crippen molar-refractivity contribution >= 4 is 11.6 Å². The van der Waals surface area contributed by atoms with E-state index < -0.39 is 17.3 Å². The molecule has 4 nitrogen and oxygen atoms in total. The monoisotopic (exact) mass is 323 g/mol. The van der Waals surface area contributed by atoms with Gasteiger partial charge >= 0.3 is 6.18 Å². The summed E-state index contributed by atoms with van der Waals surface area (Å²) in [5.74, 6) is 0.605. The highest BCUT2D eigenvalue weighted by Gasteiger charge is 2.35. The summed E-state index contributed by atoms with van der Waals surface area (Å²) in [5, 5.41) is 3.40. The molecule has 0 unspecified atom stereocenters. The number of halogens is 4. The van der Waals surface area contributed by atoms with E-state index in [0.717, 1.165) is 30.4 Å². The van der Waals surface area contributed by atoms with Crippen LogP contribution >= 0.6 is 11.6 Å². The van der Waals surface area contributed by atoms with E-state index in [1.165, 1.54) is 0 Å². The molecule has 1 aromatic rings. The van der Waals surface area contributed by atoms with Crippen molar-refractivity contribution in [3.8, 4) is 0 Å². The predicted molar refractivity (Wildman–Crippen MR) is 73.0 cm³/mol. The minimum atomic E-state index is -4.72. The van der Waals surface area contributed by atoms with Crippen molar-refractivity contribution in [3.05, 3.63) is 27.1 Å². The first-order valence-electron chi connectivity index (χ1n) is 6.86. The zero-order valence-corrected chi connectivity index (χ0v) is 12.1. The van der Waals surface area contributed by atoms with E-state index in [2.05, 4.69) is 5.10 Å². The lowest BCUT2D eigenvalue weighted by atomic mass is 9.82. The molecule has 1 aliphatic rings. The van der Waals surface area contributed by atoms with E-state index in [4.69, 9.17) is 17.3 Å². The van der Waals surface area contributed by atoms with Gasteiger partial charge in [0, 0.05) is 6.54 Å². The molecule has 1 saturated carbocycles. The minimum absolute atomic E-state index is 0.137. The average Bonchev–Trinajstić information content (AvgIpc) is 2.42. The molecule has 8 heteroatoms. The smallest absolute Gasteiger partial charge is 0.330 e. The van der Waals surface area contributed by atoms with Gasteiger partial charge in [-0.15, -0.1) is 0 Å². The Morgan fingerprint density at radius 3 is 2.38 bits per heavy atom. The Balaban J connectivity index is 2.18. The molecule has 2 N–H and O–H groups in total. The molecule has 1 heterocycles. The van der Waals surface area contributed by atoms with E-state index in [-0.39, 0.29) is 17.6 Å². The van der Waals surface area contributed by atoms with Crippen molar-refractivity contribution < 1.29 is 13.2 Å². The van der Waals surface area contributed by atoms with Crippen molar-refractivity contribution in [2.24, 2.45) is 17.6 Å². The van der Waals surface area contributed by atoms with Crippen LogP contribution in [0, 0.1) is 11.8 Å². The van der Waals surface area contributed by atoms with Crippen LogP contribution in [0.5, 0.6) is 0 Å². The van der Waals surface area contributed by atoms with Crippen LogP contribution in [0.4, 0.5) is 13.2 Å². The summed E-state index contributed by atoms with van der Waals surface area (Å²) in [7, 11) is 0. The lowest BCUT2D eigenvalue weighted by Crippen LogP contribution is -2.33. The van der Waals surface area contributed by atoms with Crippen molar-refractivity contribution in [2.75, 3.05) is 6.54 Å². The number of rotatable bonds is 3. The summed E-state index contributed by atoms with van der Waals surface area (Å²) in [6.45, 7) is 0.792. The first-order chi connectivity index (χ1) is 9.81. The first kappa shape index (κ1) is 16.3. The Bertz CT molecular complexity index is 551. The fourth-order valence-electron chi connectivity index (χ4n) is 2.73. The predicted octanol–water partition coefficient (Wildman–Crippen LogP) is 2.68. The third-order valence-corrected chi connectivity index (χ3v) is 4.17. The lowest BCUT2D eigenvalue weighted by Gasteiger charge is -2.27. The van der Waals surface area contributed by atoms with Gasteiger partial charge in [-0.25, -0.2) is 4.68 Å². The normalized spacial score (nSPS) is 23.3. The molecule has 1 aromatic heterocycles. The Labute approximate surface area is 125 Å². The number of hydrogen-bond acceptors (Lipinski definition) is 3. The topological polar surface area (TPSA) is 60.9 Å². The molecule has 0 spiro atoms. The maximum atomic E-state index is 12.8. The summed E-state index contributed by atoms with van der Waals surface area (Å²) in [6, 6.07) is 0.575. The van der Waals surface area contributed by atoms with Gasteiger partial charge in [0.2, 0.25) is 0 Å². The second-order valence-electron chi connectivity index (χ2n) is 5.49. The molecule has 0 bridgehead atoms. The fourth-order valence-corrected chi connectivity index (χ4v) is 2.93. The van der Waals surface area contributed by atoms with Crippen LogP contribution in [0.2, 0.25) is 5.15 Å². The SMILES string of the molecule is NCC1CCC(Cn2nc(Cl)cc(C(F)(F)F)c2=O)CC1. The first-order valence-corrected chi connectivity index (χ1v) is 7.24. The summed E-state index contributed by atoms with van der Waals surface area (Å²) >= 11 is 5.60. The third-order valence-electron chi connectivity index (χ3n) is 3.98. The van der Waals surface area contributed by atoms with Gasteiger partial charge in [-0.05, 0) is 50.1 Å². The molecule has 1 fully saturated rings. The molecule has 0 aliphatic heterocycles. The molecule has 0 amide bonds. The summed E-state index contributed by atoms with van der Waals surface area (Å²) in [5.41, 5.74) is 3.21. The fraction of sp³-hybridized carbons (Fsp3) is 0.692. The van der Waals surface area contributed by atoms with E-state index in [1.54, 1.807) is 0 Å². The number of hydrogen-bond donors (Lipinski definition) is 1. The molecule has 0 saturated heterocycles. The van der Waals surface area contributed by atoms with Crippen LogP contribution in [0.15, 0.2) is 10.9 Å². The number of nitrogens with two attached hydrogens (primary N) is 1. The lowest BCUT2D eigenvalue weighted by molar-refractivity contribution is -0.139. The number of alkyl halides is 3. The maximum Gasteiger partial charge on any atom is 0.421 e. The van der Waals surface area contributed by atoms with Crippen LogP contribution in [0.1, 0.15) is 31.2 Å². The van der Waals surface area contributed by atoms with E-state index >= 15 is 0 Å².